The molecule has 2 aromatic heterocycles. The first-order valence-electron chi connectivity index (χ1n) is 8.33. The molecule has 1 fully saturated rings. The second kappa shape index (κ2) is 5.80. The smallest absolute Gasteiger partial charge is 0.295 e. The van der Waals surface area contributed by atoms with Gasteiger partial charge in [0.05, 0.1) is 12.9 Å². The molecule has 0 N–H and O–H groups in total. The Balaban J connectivity index is 1.71. The zero-order valence-electron chi connectivity index (χ0n) is 13.7. The number of carbonyl (C=O) groups excluding carboxylic acids is 1. The molecule has 0 spiro atoms. The molecule has 0 aromatic carbocycles. The van der Waals surface area contributed by atoms with Crippen LogP contribution in [0.4, 0.5) is 5.00 Å². The summed E-state index contributed by atoms with van der Waals surface area (Å²) in [5, 5.41) is 1.11. The third-order valence-electron chi connectivity index (χ3n) is 5.24. The second-order valence-corrected chi connectivity index (χ2v) is 7.81. The van der Waals surface area contributed by atoms with Crippen molar-refractivity contribution in [2.24, 2.45) is 0 Å². The van der Waals surface area contributed by atoms with Gasteiger partial charge in [0, 0.05) is 23.0 Å². The minimum absolute atomic E-state index is 0.0276. The van der Waals surface area contributed by atoms with Crippen molar-refractivity contribution in [3.63, 3.8) is 0 Å². The number of hydrogen-bond acceptors (Lipinski definition) is 4. The minimum Gasteiger partial charge on any atom is -0.459 e. The number of nitrogens with zero attached hydrogens (tertiary/aromatic N) is 2. The molecule has 4 rings (SSSR count). The largest absolute Gasteiger partial charge is 0.459 e. The Kier molecular flexibility index (Phi) is 3.77. The average Bonchev–Trinajstić information content (AvgIpc) is 3.29. The van der Waals surface area contributed by atoms with Gasteiger partial charge in [0.15, 0.2) is 5.76 Å². The van der Waals surface area contributed by atoms with Crippen LogP contribution in [-0.4, -0.2) is 23.5 Å². The number of hydrogen-bond donors (Lipinski definition) is 0. The summed E-state index contributed by atoms with van der Waals surface area (Å²) in [5.41, 5.74) is 2.66. The van der Waals surface area contributed by atoms with Gasteiger partial charge >= 0.3 is 0 Å². The molecular weight excluding hydrogens is 308 g/mol. The van der Waals surface area contributed by atoms with Gasteiger partial charge in [-0.2, -0.15) is 0 Å². The number of rotatable bonds is 2. The van der Waals surface area contributed by atoms with Crippen molar-refractivity contribution in [1.82, 2.24) is 4.90 Å². The maximum absolute atomic E-state index is 12.9. The van der Waals surface area contributed by atoms with Crippen LogP contribution in [0.5, 0.6) is 0 Å². The lowest BCUT2D eigenvalue weighted by molar-refractivity contribution is 0.0913. The molecule has 122 valence electrons. The fourth-order valence-electron chi connectivity index (χ4n) is 3.76. The molecule has 0 radical (unpaired) electrons. The summed E-state index contributed by atoms with van der Waals surface area (Å²) >= 11 is 1.73. The number of furan rings is 1. The molecule has 2 aromatic rings. The summed E-state index contributed by atoms with van der Waals surface area (Å²) < 4.78 is 5.36. The van der Waals surface area contributed by atoms with E-state index in [-0.39, 0.29) is 5.91 Å². The second-order valence-electron chi connectivity index (χ2n) is 6.60. The van der Waals surface area contributed by atoms with Crippen LogP contribution in [0, 0.1) is 13.8 Å². The summed E-state index contributed by atoms with van der Waals surface area (Å²) in [5.74, 6) is 0.396. The molecule has 5 heteroatoms. The van der Waals surface area contributed by atoms with Crippen LogP contribution in [0.3, 0.4) is 0 Å². The van der Waals surface area contributed by atoms with Gasteiger partial charge in [0.2, 0.25) is 0 Å². The van der Waals surface area contributed by atoms with Gasteiger partial charge in [-0.3, -0.25) is 14.6 Å². The maximum atomic E-state index is 12.9. The molecule has 3 heterocycles. The van der Waals surface area contributed by atoms with Gasteiger partial charge in [-0.1, -0.05) is 12.8 Å². The summed E-state index contributed by atoms with van der Waals surface area (Å²) in [7, 11) is 0. The highest BCUT2D eigenvalue weighted by Gasteiger charge is 2.35. The van der Waals surface area contributed by atoms with E-state index in [1.807, 2.05) is 4.90 Å². The van der Waals surface area contributed by atoms with E-state index in [0.717, 1.165) is 11.5 Å². The lowest BCUT2D eigenvalue weighted by Gasteiger charge is -2.38. The van der Waals surface area contributed by atoms with E-state index in [1.54, 1.807) is 29.7 Å². The molecule has 0 unspecified atom stereocenters. The van der Waals surface area contributed by atoms with Gasteiger partial charge in [-0.25, -0.2) is 0 Å². The first kappa shape index (κ1) is 15.0. The van der Waals surface area contributed by atoms with Crippen LogP contribution in [0.1, 0.15) is 52.2 Å². The van der Waals surface area contributed by atoms with Gasteiger partial charge in [0.25, 0.3) is 5.91 Å². The van der Waals surface area contributed by atoms with Gasteiger partial charge in [0.1, 0.15) is 5.00 Å². The van der Waals surface area contributed by atoms with Crippen LogP contribution >= 0.6 is 11.3 Å². The van der Waals surface area contributed by atoms with Crippen molar-refractivity contribution in [1.29, 1.82) is 0 Å². The monoisotopic (exact) mass is 330 g/mol. The lowest BCUT2D eigenvalue weighted by Crippen LogP contribution is -2.48. The standard InChI is InChI=1S/C18H22N2O2S/c1-12-13(2)23-18-15(12)10-19(14-6-3-4-7-14)11-20(18)17(21)16-8-5-9-22-16/h5,8-9,14H,3-4,6-7,10-11H2,1-2H3. The third-order valence-corrected chi connectivity index (χ3v) is 6.51. The quantitative estimate of drug-likeness (QED) is 0.823. The van der Waals surface area contributed by atoms with E-state index in [4.69, 9.17) is 4.42 Å². The van der Waals surface area contributed by atoms with Gasteiger partial charge < -0.3 is 4.42 Å². The topological polar surface area (TPSA) is 36.7 Å². The first-order chi connectivity index (χ1) is 11.1. The fourth-order valence-corrected chi connectivity index (χ4v) is 4.92. The Morgan fingerprint density at radius 3 is 2.78 bits per heavy atom. The summed E-state index contributed by atoms with van der Waals surface area (Å²) in [6, 6.07) is 4.14. The fraction of sp³-hybridized carbons (Fsp3) is 0.500. The van der Waals surface area contributed by atoms with Crippen LogP contribution in [0.15, 0.2) is 22.8 Å². The van der Waals surface area contributed by atoms with Crippen molar-refractivity contribution < 1.29 is 9.21 Å². The molecule has 1 saturated carbocycles. The Morgan fingerprint density at radius 2 is 2.09 bits per heavy atom. The predicted molar refractivity (Wildman–Crippen MR) is 92.0 cm³/mol. The SMILES string of the molecule is Cc1sc2c(c1C)CN(C1CCCC1)CN2C(=O)c1ccco1. The molecule has 0 bridgehead atoms. The van der Waals surface area contributed by atoms with Crippen molar-refractivity contribution in [2.45, 2.75) is 52.1 Å². The van der Waals surface area contributed by atoms with Crippen molar-refractivity contribution in [3.8, 4) is 0 Å². The zero-order chi connectivity index (χ0) is 16.0. The number of amides is 1. The van der Waals surface area contributed by atoms with E-state index in [9.17, 15) is 4.79 Å². The van der Waals surface area contributed by atoms with Crippen molar-refractivity contribution in [3.05, 3.63) is 40.2 Å². The number of carbonyl (C=O) groups is 1. The molecule has 2 aliphatic rings. The summed E-state index contributed by atoms with van der Waals surface area (Å²) in [6.45, 7) is 5.97. The molecular formula is C18H22N2O2S. The Hall–Kier alpha value is -1.59. The molecule has 0 atom stereocenters. The molecule has 1 aliphatic heterocycles. The highest BCUT2D eigenvalue weighted by atomic mass is 32.1. The van der Waals surface area contributed by atoms with E-state index < -0.39 is 0 Å². The van der Waals surface area contributed by atoms with Gasteiger partial charge in [-0.05, 0) is 44.4 Å². The van der Waals surface area contributed by atoms with Crippen LogP contribution in [-0.2, 0) is 6.54 Å². The van der Waals surface area contributed by atoms with Gasteiger partial charge in [-0.15, -0.1) is 11.3 Å². The Labute approximate surface area is 140 Å². The highest BCUT2D eigenvalue weighted by molar-refractivity contribution is 7.16. The van der Waals surface area contributed by atoms with E-state index >= 15 is 0 Å². The minimum atomic E-state index is -0.0276. The number of anilines is 1. The lowest BCUT2D eigenvalue weighted by atomic mass is 10.1. The molecule has 1 aliphatic carbocycles. The Morgan fingerprint density at radius 1 is 1.30 bits per heavy atom. The summed E-state index contributed by atoms with van der Waals surface area (Å²) in [4.78, 5) is 18.6. The van der Waals surface area contributed by atoms with E-state index in [0.29, 0.717) is 18.5 Å². The molecule has 0 saturated heterocycles. The van der Waals surface area contributed by atoms with Crippen LogP contribution in [0.25, 0.3) is 0 Å². The number of thiophene rings is 1. The predicted octanol–water partition coefficient (Wildman–Crippen LogP) is 4.32. The maximum Gasteiger partial charge on any atom is 0.295 e. The van der Waals surface area contributed by atoms with Crippen LogP contribution in [0.2, 0.25) is 0 Å². The third kappa shape index (κ3) is 2.52. The normalized spacial score (nSPS) is 19.3. The molecule has 23 heavy (non-hydrogen) atoms. The van der Waals surface area contributed by atoms with E-state index in [1.165, 1.54) is 41.7 Å². The number of aryl methyl sites for hydroxylation is 1. The van der Waals surface area contributed by atoms with Crippen molar-refractivity contribution in [2.75, 3.05) is 11.6 Å². The van der Waals surface area contributed by atoms with E-state index in [2.05, 4.69) is 18.7 Å². The molecule has 1 amide bonds. The van der Waals surface area contributed by atoms with Crippen molar-refractivity contribution >= 4 is 22.2 Å². The highest BCUT2D eigenvalue weighted by Crippen LogP contribution is 2.41. The first-order valence-corrected chi connectivity index (χ1v) is 9.15. The zero-order valence-corrected chi connectivity index (χ0v) is 14.5. The number of fused-ring (bicyclic) bond motifs is 1. The molecule has 4 nitrogen and oxygen atoms in total. The average molecular weight is 330 g/mol. The Bertz CT molecular complexity index is 714. The summed E-state index contributed by atoms with van der Waals surface area (Å²) in [6.07, 6.45) is 6.68. The van der Waals surface area contributed by atoms with Crippen LogP contribution < -0.4 is 4.90 Å².